The van der Waals surface area contributed by atoms with Crippen molar-refractivity contribution in [3.8, 4) is 0 Å². The van der Waals surface area contributed by atoms with Crippen molar-refractivity contribution in [2.24, 2.45) is 0 Å². The molecule has 3 aromatic carbocycles. The monoisotopic (exact) mass is 295 g/mol. The molecule has 0 fully saturated rings. The van der Waals surface area contributed by atoms with Gasteiger partial charge in [-0.1, -0.05) is 54.6 Å². The molecule has 0 aliphatic heterocycles. The molecule has 0 atom stereocenters. The Kier molecular flexibility index (Phi) is 4.37. The van der Waals surface area contributed by atoms with Crippen molar-refractivity contribution in [3.05, 3.63) is 90.5 Å². The standard InChI is InChI=1S/C19H16FS/c20-15-16-9-7-8-14-19(16)21(17-10-3-1-4-11-17)18-12-5-2-6-13-18/h1-14H,15H2/q+1. The summed E-state index contributed by atoms with van der Waals surface area (Å²) < 4.78 is 13.4. The Labute approximate surface area is 127 Å². The minimum Gasteiger partial charge on any atom is -0.246 e. The molecule has 3 aromatic rings. The van der Waals surface area contributed by atoms with Crippen LogP contribution in [0, 0.1) is 0 Å². The van der Waals surface area contributed by atoms with Crippen LogP contribution in [0.2, 0.25) is 0 Å². The van der Waals surface area contributed by atoms with E-state index in [1.54, 1.807) is 0 Å². The van der Waals surface area contributed by atoms with Gasteiger partial charge in [0.2, 0.25) is 0 Å². The van der Waals surface area contributed by atoms with Crippen LogP contribution in [0.4, 0.5) is 4.39 Å². The third-order valence-corrected chi connectivity index (χ3v) is 5.62. The molecule has 0 bridgehead atoms. The van der Waals surface area contributed by atoms with Gasteiger partial charge in [0, 0.05) is 5.56 Å². The molecule has 0 spiro atoms. The average Bonchev–Trinajstić information content (AvgIpc) is 2.58. The Balaban J connectivity index is 2.17. The second-order valence-electron chi connectivity index (χ2n) is 4.67. The van der Waals surface area contributed by atoms with Gasteiger partial charge in [0.15, 0.2) is 14.7 Å². The van der Waals surface area contributed by atoms with Crippen LogP contribution < -0.4 is 0 Å². The van der Waals surface area contributed by atoms with Gasteiger partial charge in [0.1, 0.15) is 6.67 Å². The highest BCUT2D eigenvalue weighted by Gasteiger charge is 2.30. The van der Waals surface area contributed by atoms with Gasteiger partial charge in [0.05, 0.1) is 10.9 Å². The van der Waals surface area contributed by atoms with Crippen molar-refractivity contribution in [3.63, 3.8) is 0 Å². The normalized spacial score (nSPS) is 10.8. The van der Waals surface area contributed by atoms with E-state index in [1.807, 2.05) is 60.7 Å². The van der Waals surface area contributed by atoms with E-state index in [9.17, 15) is 4.39 Å². The van der Waals surface area contributed by atoms with Gasteiger partial charge in [0.25, 0.3) is 0 Å². The molecule has 0 aliphatic rings. The summed E-state index contributed by atoms with van der Waals surface area (Å²) in [4.78, 5) is 3.49. The molecule has 104 valence electrons. The third kappa shape index (κ3) is 3.01. The van der Waals surface area contributed by atoms with Crippen LogP contribution in [-0.4, -0.2) is 0 Å². The Morgan fingerprint density at radius 1 is 0.619 bits per heavy atom. The predicted molar refractivity (Wildman–Crippen MR) is 86.3 cm³/mol. The molecule has 0 saturated carbocycles. The third-order valence-electron chi connectivity index (χ3n) is 3.29. The van der Waals surface area contributed by atoms with Gasteiger partial charge in [-0.15, -0.1) is 0 Å². The fraction of sp³-hybridized carbons (Fsp3) is 0.0526. The molecule has 0 unspecified atom stereocenters. The highest BCUT2D eigenvalue weighted by molar-refractivity contribution is 7.97. The molecule has 21 heavy (non-hydrogen) atoms. The van der Waals surface area contributed by atoms with Crippen molar-refractivity contribution >= 4 is 10.9 Å². The summed E-state index contributed by atoms with van der Waals surface area (Å²) in [7, 11) is -0.266. The number of alkyl halides is 1. The molecule has 0 saturated heterocycles. The lowest BCUT2D eigenvalue weighted by Crippen LogP contribution is -2.07. The predicted octanol–water partition coefficient (Wildman–Crippen LogP) is 5.25. The first-order valence-electron chi connectivity index (χ1n) is 6.88. The number of halogens is 1. The molecule has 0 N–H and O–H groups in total. The second-order valence-corrected chi connectivity index (χ2v) is 6.67. The molecule has 3 rings (SSSR count). The molecule has 0 aromatic heterocycles. The van der Waals surface area contributed by atoms with Crippen molar-refractivity contribution in [1.29, 1.82) is 0 Å². The van der Waals surface area contributed by atoms with Crippen LogP contribution >= 0.6 is 0 Å². The van der Waals surface area contributed by atoms with Crippen molar-refractivity contribution < 1.29 is 4.39 Å². The SMILES string of the molecule is FCc1ccccc1[S+](c1ccccc1)c1ccccc1. The summed E-state index contributed by atoms with van der Waals surface area (Å²) in [5.41, 5.74) is 0.772. The van der Waals surface area contributed by atoms with E-state index in [1.165, 1.54) is 9.79 Å². The Morgan fingerprint density at radius 3 is 1.62 bits per heavy atom. The number of rotatable bonds is 4. The molecule has 0 heterocycles. The van der Waals surface area contributed by atoms with Crippen LogP contribution in [0.25, 0.3) is 0 Å². The van der Waals surface area contributed by atoms with E-state index in [4.69, 9.17) is 0 Å². The Bertz CT molecular complexity index is 656. The highest BCUT2D eigenvalue weighted by atomic mass is 32.2. The molecule has 0 nitrogen and oxygen atoms in total. The summed E-state index contributed by atoms with van der Waals surface area (Å²) in [5, 5.41) is 0. The topological polar surface area (TPSA) is 0 Å². The van der Waals surface area contributed by atoms with Gasteiger partial charge in [-0.05, 0) is 30.3 Å². The minimum absolute atomic E-state index is 0.266. The van der Waals surface area contributed by atoms with E-state index in [0.29, 0.717) is 0 Å². The maximum Gasteiger partial charge on any atom is 0.172 e. The molecular formula is C19H16FS+. The molecule has 0 aliphatic carbocycles. The van der Waals surface area contributed by atoms with Crippen LogP contribution in [0.5, 0.6) is 0 Å². The van der Waals surface area contributed by atoms with Crippen LogP contribution in [0.15, 0.2) is 99.6 Å². The van der Waals surface area contributed by atoms with Crippen molar-refractivity contribution in [1.82, 2.24) is 0 Å². The highest BCUT2D eigenvalue weighted by Crippen LogP contribution is 2.33. The molecule has 2 heteroatoms. The van der Waals surface area contributed by atoms with E-state index in [2.05, 4.69) is 24.3 Å². The first-order chi connectivity index (χ1) is 10.4. The zero-order valence-electron chi connectivity index (χ0n) is 11.6. The lowest BCUT2D eigenvalue weighted by atomic mass is 10.2. The Morgan fingerprint density at radius 2 is 1.10 bits per heavy atom. The van der Waals surface area contributed by atoms with Gasteiger partial charge in [-0.25, -0.2) is 4.39 Å². The van der Waals surface area contributed by atoms with Gasteiger partial charge >= 0.3 is 0 Å². The summed E-state index contributed by atoms with van der Waals surface area (Å²) in [5.74, 6) is 0. The maximum absolute atomic E-state index is 13.4. The first kappa shape index (κ1) is 13.9. The summed E-state index contributed by atoms with van der Waals surface area (Å²) in [6.45, 7) is -0.431. The number of hydrogen-bond donors (Lipinski definition) is 0. The van der Waals surface area contributed by atoms with Crippen LogP contribution in [-0.2, 0) is 17.6 Å². The smallest absolute Gasteiger partial charge is 0.172 e. The summed E-state index contributed by atoms with van der Waals surface area (Å²) in [6.07, 6.45) is 0. The van der Waals surface area contributed by atoms with Crippen molar-refractivity contribution in [2.45, 2.75) is 21.4 Å². The quantitative estimate of drug-likeness (QED) is 0.577. The average molecular weight is 295 g/mol. The summed E-state index contributed by atoms with van der Waals surface area (Å²) in [6, 6.07) is 28.4. The summed E-state index contributed by atoms with van der Waals surface area (Å²) >= 11 is 0. The Hall–Kier alpha value is -2.06. The van der Waals surface area contributed by atoms with E-state index in [0.717, 1.165) is 10.5 Å². The van der Waals surface area contributed by atoms with Gasteiger partial charge < -0.3 is 0 Å². The lowest BCUT2D eigenvalue weighted by Gasteiger charge is -2.10. The second kappa shape index (κ2) is 6.59. The van der Waals surface area contributed by atoms with Crippen LogP contribution in [0.1, 0.15) is 5.56 Å². The van der Waals surface area contributed by atoms with Crippen LogP contribution in [0.3, 0.4) is 0 Å². The van der Waals surface area contributed by atoms with E-state index >= 15 is 0 Å². The van der Waals surface area contributed by atoms with E-state index in [-0.39, 0.29) is 10.9 Å². The number of benzene rings is 3. The lowest BCUT2D eigenvalue weighted by molar-refractivity contribution is 0.480. The number of hydrogen-bond acceptors (Lipinski definition) is 0. The first-order valence-corrected chi connectivity index (χ1v) is 8.11. The fourth-order valence-corrected chi connectivity index (χ4v) is 4.55. The van der Waals surface area contributed by atoms with Crippen molar-refractivity contribution in [2.75, 3.05) is 0 Å². The maximum atomic E-state index is 13.4. The van der Waals surface area contributed by atoms with E-state index < -0.39 is 6.67 Å². The molecular weight excluding hydrogens is 279 g/mol. The molecule has 0 amide bonds. The zero-order valence-corrected chi connectivity index (χ0v) is 12.4. The fourth-order valence-electron chi connectivity index (χ4n) is 2.32. The largest absolute Gasteiger partial charge is 0.246 e. The minimum atomic E-state index is -0.431. The zero-order chi connectivity index (χ0) is 14.5. The van der Waals surface area contributed by atoms with Gasteiger partial charge in [-0.2, -0.15) is 0 Å². The van der Waals surface area contributed by atoms with Gasteiger partial charge in [-0.3, -0.25) is 0 Å². The molecule has 0 radical (unpaired) electrons.